The van der Waals surface area contributed by atoms with Crippen LogP contribution in [0.15, 0.2) is 29.6 Å². The van der Waals surface area contributed by atoms with E-state index in [2.05, 4.69) is 9.72 Å². The van der Waals surface area contributed by atoms with E-state index in [1.54, 1.807) is 19.1 Å². The first kappa shape index (κ1) is 16.5. The second-order valence-corrected chi connectivity index (χ2v) is 5.59. The molecule has 1 heterocycles. The Morgan fingerprint density at radius 1 is 1.32 bits per heavy atom. The van der Waals surface area contributed by atoms with Crippen molar-refractivity contribution in [2.24, 2.45) is 0 Å². The van der Waals surface area contributed by atoms with E-state index in [0.29, 0.717) is 5.69 Å². The van der Waals surface area contributed by atoms with Gasteiger partial charge >= 0.3 is 12.1 Å². The van der Waals surface area contributed by atoms with E-state index in [0.717, 1.165) is 23.3 Å². The molecule has 1 atom stereocenters. The summed E-state index contributed by atoms with van der Waals surface area (Å²) < 4.78 is 44.0. The molecule has 3 nitrogen and oxygen atoms in total. The average molecular weight is 329 g/mol. The largest absolute Gasteiger partial charge is 0.442 e. The van der Waals surface area contributed by atoms with Crippen LogP contribution in [0.25, 0.3) is 0 Å². The third-order valence-corrected chi connectivity index (χ3v) is 3.99. The van der Waals surface area contributed by atoms with Crippen LogP contribution in [0.1, 0.15) is 39.7 Å². The molecule has 118 valence electrons. The Balaban J connectivity index is 2.21. The van der Waals surface area contributed by atoms with Gasteiger partial charge in [0.25, 0.3) is 0 Å². The van der Waals surface area contributed by atoms with Crippen molar-refractivity contribution in [1.29, 1.82) is 0 Å². The standard InChI is InChI=1S/C15H14F3NO2S/c1-3-10-4-6-11(7-5-10)14(20)21-12(15(16,17)18)13-19-9(2)8-22-13/h4-8,12H,3H2,1-2H3. The summed E-state index contributed by atoms with van der Waals surface area (Å²) in [6, 6.07) is 6.29. The summed E-state index contributed by atoms with van der Waals surface area (Å²) in [6.45, 7) is 3.52. The van der Waals surface area contributed by atoms with Gasteiger partial charge in [-0.1, -0.05) is 19.1 Å². The summed E-state index contributed by atoms with van der Waals surface area (Å²) in [5.74, 6) is -1.02. The van der Waals surface area contributed by atoms with E-state index < -0.39 is 18.2 Å². The lowest BCUT2D eigenvalue weighted by Crippen LogP contribution is -2.26. The number of ether oxygens (including phenoxy) is 1. The summed E-state index contributed by atoms with van der Waals surface area (Å²) in [5.41, 5.74) is 1.52. The van der Waals surface area contributed by atoms with Crippen molar-refractivity contribution in [1.82, 2.24) is 4.98 Å². The van der Waals surface area contributed by atoms with Gasteiger partial charge in [-0.3, -0.25) is 0 Å². The molecule has 0 aliphatic rings. The van der Waals surface area contributed by atoms with Crippen molar-refractivity contribution in [3.05, 3.63) is 51.5 Å². The van der Waals surface area contributed by atoms with Gasteiger partial charge in [0.05, 0.1) is 5.56 Å². The predicted octanol–water partition coefficient (Wildman–Crippen LogP) is 4.47. The predicted molar refractivity (Wildman–Crippen MR) is 76.9 cm³/mol. The summed E-state index contributed by atoms with van der Waals surface area (Å²) in [6.07, 6.45) is -6.27. The Labute approximate surface area is 129 Å². The zero-order valence-corrected chi connectivity index (χ0v) is 12.8. The fraction of sp³-hybridized carbons (Fsp3) is 0.333. The lowest BCUT2D eigenvalue weighted by Gasteiger charge is -2.18. The number of halogens is 3. The van der Waals surface area contributed by atoms with Crippen LogP contribution in [0, 0.1) is 6.92 Å². The molecule has 0 saturated heterocycles. The Bertz CT molecular complexity index is 650. The van der Waals surface area contributed by atoms with Crippen LogP contribution < -0.4 is 0 Å². The van der Waals surface area contributed by atoms with E-state index in [9.17, 15) is 18.0 Å². The van der Waals surface area contributed by atoms with E-state index >= 15 is 0 Å². The minimum atomic E-state index is -4.71. The van der Waals surface area contributed by atoms with Crippen LogP contribution in [-0.4, -0.2) is 17.1 Å². The lowest BCUT2D eigenvalue weighted by molar-refractivity contribution is -0.207. The molecule has 0 aliphatic carbocycles. The van der Waals surface area contributed by atoms with Crippen molar-refractivity contribution in [2.45, 2.75) is 32.5 Å². The van der Waals surface area contributed by atoms with Crippen LogP contribution >= 0.6 is 11.3 Å². The third-order valence-electron chi connectivity index (χ3n) is 2.98. The van der Waals surface area contributed by atoms with Crippen LogP contribution in [0.2, 0.25) is 0 Å². The number of benzene rings is 1. The van der Waals surface area contributed by atoms with E-state index in [1.165, 1.54) is 17.5 Å². The lowest BCUT2D eigenvalue weighted by atomic mass is 10.1. The monoisotopic (exact) mass is 329 g/mol. The molecule has 7 heteroatoms. The second kappa shape index (κ2) is 6.48. The molecule has 0 radical (unpaired) electrons. The van der Waals surface area contributed by atoms with Gasteiger partial charge in [-0.2, -0.15) is 13.2 Å². The maximum Gasteiger partial charge on any atom is 0.432 e. The fourth-order valence-electron chi connectivity index (χ4n) is 1.80. The molecular formula is C15H14F3NO2S. The molecule has 0 aliphatic heterocycles. The first-order chi connectivity index (χ1) is 10.3. The summed E-state index contributed by atoms with van der Waals surface area (Å²) in [5, 5.41) is 1.21. The molecular weight excluding hydrogens is 315 g/mol. The summed E-state index contributed by atoms with van der Waals surface area (Å²) in [7, 11) is 0. The number of hydrogen-bond donors (Lipinski definition) is 0. The first-order valence-corrected chi connectivity index (χ1v) is 7.48. The molecule has 0 spiro atoms. The molecule has 1 unspecified atom stereocenters. The Hall–Kier alpha value is -1.89. The van der Waals surface area contributed by atoms with Gasteiger partial charge in [0, 0.05) is 11.1 Å². The van der Waals surface area contributed by atoms with Crippen molar-refractivity contribution < 1.29 is 22.7 Å². The quantitative estimate of drug-likeness (QED) is 0.777. The Morgan fingerprint density at radius 3 is 2.41 bits per heavy atom. The zero-order chi connectivity index (χ0) is 16.3. The van der Waals surface area contributed by atoms with E-state index in [1.807, 2.05) is 6.92 Å². The Morgan fingerprint density at radius 2 is 1.95 bits per heavy atom. The number of nitrogens with zero attached hydrogens (tertiary/aromatic N) is 1. The SMILES string of the molecule is CCc1ccc(C(=O)OC(c2nc(C)cs2)C(F)(F)F)cc1. The third kappa shape index (κ3) is 3.85. The smallest absolute Gasteiger partial charge is 0.432 e. The fourth-order valence-corrected chi connectivity index (χ4v) is 2.65. The van der Waals surface area contributed by atoms with Crippen molar-refractivity contribution >= 4 is 17.3 Å². The van der Waals surface area contributed by atoms with Gasteiger partial charge in [-0.25, -0.2) is 9.78 Å². The topological polar surface area (TPSA) is 39.2 Å². The number of aryl methyl sites for hydroxylation is 2. The normalized spacial score (nSPS) is 13.0. The van der Waals surface area contributed by atoms with Crippen molar-refractivity contribution in [2.75, 3.05) is 0 Å². The first-order valence-electron chi connectivity index (χ1n) is 6.60. The number of carbonyl (C=O) groups excluding carboxylic acids is 1. The van der Waals surface area contributed by atoms with E-state index in [4.69, 9.17) is 0 Å². The highest BCUT2D eigenvalue weighted by molar-refractivity contribution is 7.09. The summed E-state index contributed by atoms with van der Waals surface area (Å²) in [4.78, 5) is 15.7. The van der Waals surface area contributed by atoms with Crippen LogP contribution in [0.3, 0.4) is 0 Å². The molecule has 0 bridgehead atoms. The molecule has 1 aromatic carbocycles. The maximum absolute atomic E-state index is 13.1. The van der Waals surface area contributed by atoms with Crippen molar-refractivity contribution in [3.63, 3.8) is 0 Å². The molecule has 2 rings (SSSR count). The molecule has 1 aromatic heterocycles. The maximum atomic E-state index is 13.1. The van der Waals surface area contributed by atoms with Gasteiger partial charge in [0.1, 0.15) is 5.01 Å². The zero-order valence-electron chi connectivity index (χ0n) is 12.0. The molecule has 2 aromatic rings. The minimum absolute atomic E-state index is 0.0831. The van der Waals surface area contributed by atoms with Crippen LogP contribution in [0.4, 0.5) is 13.2 Å². The molecule has 0 amide bonds. The van der Waals surface area contributed by atoms with Crippen LogP contribution in [0.5, 0.6) is 0 Å². The number of rotatable bonds is 4. The van der Waals surface area contributed by atoms with Gasteiger partial charge in [0.2, 0.25) is 6.10 Å². The second-order valence-electron chi connectivity index (χ2n) is 4.70. The summed E-state index contributed by atoms with van der Waals surface area (Å²) >= 11 is 0.819. The Kier molecular flexibility index (Phi) is 4.85. The van der Waals surface area contributed by atoms with Gasteiger partial charge in [0.15, 0.2) is 0 Å². The number of thiazole rings is 1. The number of hydrogen-bond acceptors (Lipinski definition) is 4. The highest BCUT2D eigenvalue weighted by Gasteiger charge is 2.46. The van der Waals surface area contributed by atoms with Gasteiger partial charge in [-0.05, 0) is 31.0 Å². The van der Waals surface area contributed by atoms with Gasteiger partial charge in [-0.15, -0.1) is 11.3 Å². The molecule has 0 fully saturated rings. The number of alkyl halides is 3. The molecule has 22 heavy (non-hydrogen) atoms. The van der Waals surface area contributed by atoms with Gasteiger partial charge < -0.3 is 4.74 Å². The molecule has 0 saturated carbocycles. The number of esters is 1. The number of carbonyl (C=O) groups is 1. The average Bonchev–Trinajstić information content (AvgIpc) is 2.89. The highest BCUT2D eigenvalue weighted by atomic mass is 32.1. The molecule has 0 N–H and O–H groups in total. The highest BCUT2D eigenvalue weighted by Crippen LogP contribution is 2.37. The number of aromatic nitrogens is 1. The van der Waals surface area contributed by atoms with Crippen LogP contribution in [-0.2, 0) is 11.2 Å². The van der Waals surface area contributed by atoms with E-state index in [-0.39, 0.29) is 10.6 Å². The minimum Gasteiger partial charge on any atom is -0.442 e. The van der Waals surface area contributed by atoms with Crippen molar-refractivity contribution in [3.8, 4) is 0 Å².